The van der Waals surface area contributed by atoms with E-state index in [-0.39, 0.29) is 5.97 Å². The molecule has 1 aliphatic rings. The highest BCUT2D eigenvalue weighted by Gasteiger charge is 2.35. The number of alkyl halides is 1. The van der Waals surface area contributed by atoms with Crippen LogP contribution in [0.4, 0.5) is 16.2 Å². The highest BCUT2D eigenvalue weighted by molar-refractivity contribution is 6.19. The van der Waals surface area contributed by atoms with E-state index in [9.17, 15) is 9.59 Å². The number of carbonyl (C=O) groups excluding carboxylic acids is 2. The molecule has 1 atom stereocenters. The van der Waals surface area contributed by atoms with E-state index in [2.05, 4.69) is 16.0 Å². The molecule has 1 amide bonds. The second-order valence-corrected chi connectivity index (χ2v) is 10.3. The van der Waals surface area contributed by atoms with Crippen LogP contribution >= 0.6 is 11.6 Å². The maximum atomic E-state index is 11.9. The predicted octanol–water partition coefficient (Wildman–Crippen LogP) is 5.24. The highest BCUT2D eigenvalue weighted by Crippen LogP contribution is 2.37. The molecule has 0 aliphatic carbocycles. The van der Waals surface area contributed by atoms with Crippen LogP contribution in [0.2, 0.25) is 0 Å². The Hall–Kier alpha value is -2.15. The van der Waals surface area contributed by atoms with Gasteiger partial charge in [0.2, 0.25) is 0 Å². The molecule has 31 heavy (non-hydrogen) atoms. The molecule has 7 nitrogen and oxygen atoms in total. The molecule has 0 radical (unpaired) electrons. The molecule has 0 fully saturated rings. The minimum atomic E-state index is -0.529. The first-order valence-corrected chi connectivity index (χ1v) is 11.3. The third kappa shape index (κ3) is 7.80. The van der Waals surface area contributed by atoms with Gasteiger partial charge in [-0.1, -0.05) is 6.07 Å². The van der Waals surface area contributed by atoms with E-state index in [1.54, 1.807) is 0 Å². The zero-order chi connectivity index (χ0) is 23.3. The number of alkyl carbamates (subject to hydrolysis) is 1. The summed E-state index contributed by atoms with van der Waals surface area (Å²) in [7, 11) is 0. The number of esters is 1. The molecule has 1 aliphatic heterocycles. The predicted molar refractivity (Wildman–Crippen MR) is 124 cm³/mol. The van der Waals surface area contributed by atoms with Crippen molar-refractivity contribution in [2.24, 2.45) is 5.41 Å². The van der Waals surface area contributed by atoms with E-state index in [4.69, 9.17) is 21.1 Å². The first-order valence-electron chi connectivity index (χ1n) is 10.7. The van der Waals surface area contributed by atoms with Crippen molar-refractivity contribution in [1.82, 2.24) is 5.32 Å². The Morgan fingerprint density at radius 3 is 2.35 bits per heavy atom. The summed E-state index contributed by atoms with van der Waals surface area (Å²) in [4.78, 5) is 23.7. The van der Waals surface area contributed by atoms with Crippen molar-refractivity contribution in [3.05, 3.63) is 23.8 Å². The van der Waals surface area contributed by atoms with Crippen molar-refractivity contribution < 1.29 is 19.1 Å². The SMILES string of the molecule is CC(C)(C)OC(=O)NCc1ccc2c(c1)NC(CCl)(CCCCOC(=O)C(C)(C)C)N2. The van der Waals surface area contributed by atoms with Crippen LogP contribution in [-0.2, 0) is 20.8 Å². The van der Waals surface area contributed by atoms with Gasteiger partial charge in [-0.15, -0.1) is 11.6 Å². The highest BCUT2D eigenvalue weighted by atomic mass is 35.5. The first kappa shape index (κ1) is 25.1. The number of halogens is 1. The van der Waals surface area contributed by atoms with Gasteiger partial charge >= 0.3 is 12.1 Å². The number of hydrogen-bond acceptors (Lipinski definition) is 6. The normalized spacial score (nSPS) is 17.9. The quantitative estimate of drug-likeness (QED) is 0.283. The zero-order valence-electron chi connectivity index (χ0n) is 19.5. The Labute approximate surface area is 190 Å². The molecule has 8 heteroatoms. The summed E-state index contributed by atoms with van der Waals surface area (Å²) in [5.41, 5.74) is 1.42. The summed E-state index contributed by atoms with van der Waals surface area (Å²) in [6.45, 7) is 11.8. The maximum absolute atomic E-state index is 11.9. The number of nitrogens with one attached hydrogen (secondary N) is 3. The fourth-order valence-electron chi connectivity index (χ4n) is 3.12. The van der Waals surface area contributed by atoms with Crippen LogP contribution in [0.15, 0.2) is 18.2 Å². The van der Waals surface area contributed by atoms with Gasteiger partial charge < -0.3 is 25.4 Å². The number of carbonyl (C=O) groups is 2. The average molecular weight is 454 g/mol. The van der Waals surface area contributed by atoms with Crippen molar-refractivity contribution in [2.45, 2.75) is 78.6 Å². The molecule has 0 saturated heterocycles. The van der Waals surface area contributed by atoms with Gasteiger partial charge in [0.05, 0.1) is 29.3 Å². The fourth-order valence-corrected chi connectivity index (χ4v) is 3.39. The van der Waals surface area contributed by atoms with Crippen LogP contribution in [-0.4, -0.2) is 35.8 Å². The minimum absolute atomic E-state index is 0.184. The van der Waals surface area contributed by atoms with E-state index in [0.717, 1.165) is 36.2 Å². The van der Waals surface area contributed by atoms with Gasteiger partial charge in [0.1, 0.15) is 11.3 Å². The number of ether oxygens (including phenoxy) is 2. The zero-order valence-corrected chi connectivity index (χ0v) is 20.2. The van der Waals surface area contributed by atoms with E-state index in [1.807, 2.05) is 59.7 Å². The van der Waals surface area contributed by atoms with Crippen molar-refractivity contribution in [3.63, 3.8) is 0 Å². The lowest BCUT2D eigenvalue weighted by atomic mass is 9.97. The van der Waals surface area contributed by atoms with Gasteiger partial charge in [-0.05, 0) is 78.5 Å². The molecular formula is C23H36ClN3O4. The Morgan fingerprint density at radius 2 is 1.74 bits per heavy atom. The van der Waals surface area contributed by atoms with Gasteiger partial charge in [0.25, 0.3) is 0 Å². The standard InChI is InChI=1S/C23H36ClN3O4/c1-21(2,3)19(28)30-12-8-7-11-23(15-24)26-17-10-9-16(13-18(17)27-23)14-25-20(29)31-22(4,5)6/h9-10,13,26-27H,7-8,11-12,14-15H2,1-6H3,(H,25,29). The summed E-state index contributed by atoms with van der Waals surface area (Å²) in [5, 5.41) is 9.75. The van der Waals surface area contributed by atoms with Crippen molar-refractivity contribution in [3.8, 4) is 0 Å². The Morgan fingerprint density at radius 1 is 1.06 bits per heavy atom. The van der Waals surface area contributed by atoms with Gasteiger partial charge in [-0.3, -0.25) is 4.79 Å². The van der Waals surface area contributed by atoms with Gasteiger partial charge in [-0.25, -0.2) is 4.79 Å². The maximum Gasteiger partial charge on any atom is 0.407 e. The van der Waals surface area contributed by atoms with Gasteiger partial charge in [0, 0.05) is 6.54 Å². The third-order valence-electron chi connectivity index (χ3n) is 4.74. The number of hydrogen-bond donors (Lipinski definition) is 3. The number of rotatable bonds is 8. The molecule has 1 unspecified atom stereocenters. The Kier molecular flexibility index (Phi) is 8.09. The van der Waals surface area contributed by atoms with Crippen LogP contribution in [0.1, 0.15) is 66.4 Å². The molecule has 0 bridgehead atoms. The largest absolute Gasteiger partial charge is 0.465 e. The number of fused-ring (bicyclic) bond motifs is 1. The summed E-state index contributed by atoms with van der Waals surface area (Å²) in [6, 6.07) is 5.94. The number of anilines is 2. The molecule has 3 N–H and O–H groups in total. The van der Waals surface area contributed by atoms with Crippen LogP contribution in [0, 0.1) is 5.41 Å². The molecular weight excluding hydrogens is 418 g/mol. The lowest BCUT2D eigenvalue weighted by Gasteiger charge is -2.28. The molecule has 0 spiro atoms. The fraction of sp³-hybridized carbons (Fsp3) is 0.652. The Balaban J connectivity index is 1.85. The topological polar surface area (TPSA) is 88.7 Å². The van der Waals surface area contributed by atoms with Crippen LogP contribution in [0.3, 0.4) is 0 Å². The van der Waals surface area contributed by atoms with Crippen LogP contribution in [0.25, 0.3) is 0 Å². The smallest absolute Gasteiger partial charge is 0.407 e. The molecule has 1 aromatic carbocycles. The molecule has 0 saturated carbocycles. The van der Waals surface area contributed by atoms with Crippen molar-refractivity contribution in [1.29, 1.82) is 0 Å². The third-order valence-corrected chi connectivity index (χ3v) is 5.20. The summed E-state index contributed by atoms with van der Waals surface area (Å²) >= 11 is 6.30. The van der Waals surface area contributed by atoms with E-state index in [1.165, 1.54) is 0 Å². The lowest BCUT2D eigenvalue weighted by molar-refractivity contribution is -0.153. The molecule has 174 valence electrons. The van der Waals surface area contributed by atoms with Gasteiger partial charge in [0.15, 0.2) is 0 Å². The summed E-state index contributed by atoms with van der Waals surface area (Å²) in [6.07, 6.45) is 1.96. The van der Waals surface area contributed by atoms with Gasteiger partial charge in [-0.2, -0.15) is 0 Å². The molecule has 1 aromatic rings. The second-order valence-electron chi connectivity index (χ2n) is 10.0. The minimum Gasteiger partial charge on any atom is -0.465 e. The van der Waals surface area contributed by atoms with E-state index < -0.39 is 22.8 Å². The van der Waals surface area contributed by atoms with Crippen LogP contribution < -0.4 is 16.0 Å². The number of amides is 1. The second kappa shape index (κ2) is 9.98. The van der Waals surface area contributed by atoms with Crippen LogP contribution in [0.5, 0.6) is 0 Å². The van der Waals surface area contributed by atoms with Crippen molar-refractivity contribution >= 4 is 35.0 Å². The monoisotopic (exact) mass is 453 g/mol. The van der Waals surface area contributed by atoms with Crippen molar-refractivity contribution in [2.75, 3.05) is 23.1 Å². The summed E-state index contributed by atoms with van der Waals surface area (Å²) < 4.78 is 10.6. The average Bonchev–Trinajstić information content (AvgIpc) is 3.02. The molecule has 1 heterocycles. The number of benzene rings is 1. The number of unbranched alkanes of at least 4 members (excludes halogenated alkanes) is 1. The molecule has 2 rings (SSSR count). The summed E-state index contributed by atoms with van der Waals surface area (Å²) in [5.74, 6) is 0.200. The Bertz CT molecular complexity index is 786. The lowest BCUT2D eigenvalue weighted by Crippen LogP contribution is -2.43. The molecule has 0 aromatic heterocycles. The first-order chi connectivity index (χ1) is 14.3. The van der Waals surface area contributed by atoms with E-state index in [0.29, 0.717) is 19.0 Å². The van der Waals surface area contributed by atoms with E-state index >= 15 is 0 Å².